The van der Waals surface area contributed by atoms with E-state index in [0.717, 1.165) is 19.3 Å². The molecule has 5 nitrogen and oxygen atoms in total. The highest BCUT2D eigenvalue weighted by Crippen LogP contribution is 2.34. The third-order valence-electron chi connectivity index (χ3n) is 4.67. The first-order valence-corrected chi connectivity index (χ1v) is 7.18. The van der Waals surface area contributed by atoms with Crippen LogP contribution in [0.1, 0.15) is 46.0 Å². The predicted octanol–water partition coefficient (Wildman–Crippen LogP) is 1.22. The zero-order chi connectivity index (χ0) is 14.2. The first-order valence-electron chi connectivity index (χ1n) is 7.18. The van der Waals surface area contributed by atoms with Crippen molar-refractivity contribution in [3.8, 4) is 0 Å². The van der Waals surface area contributed by atoms with Crippen LogP contribution in [0.4, 0.5) is 0 Å². The van der Waals surface area contributed by atoms with Gasteiger partial charge in [0.05, 0.1) is 5.54 Å². The minimum atomic E-state index is -0.911. The topological polar surface area (TPSA) is 83.6 Å². The largest absolute Gasteiger partial charge is 0.480 e. The summed E-state index contributed by atoms with van der Waals surface area (Å²) in [6, 6.07) is -0.704. The molecule has 0 radical (unpaired) electrons. The van der Waals surface area contributed by atoms with Crippen molar-refractivity contribution in [3.05, 3.63) is 0 Å². The Morgan fingerprint density at radius 1 is 1.32 bits per heavy atom. The minimum Gasteiger partial charge on any atom is -0.480 e. The highest BCUT2D eigenvalue weighted by molar-refractivity contribution is 5.90. The number of likely N-dealkylation sites (tertiary alicyclic amines) is 1. The quantitative estimate of drug-likeness (QED) is 0.788. The average molecular weight is 268 g/mol. The third-order valence-corrected chi connectivity index (χ3v) is 4.67. The molecule has 2 rings (SSSR count). The molecule has 4 atom stereocenters. The van der Waals surface area contributed by atoms with E-state index in [4.69, 9.17) is 5.73 Å². The lowest BCUT2D eigenvalue weighted by Gasteiger charge is -2.39. The average Bonchev–Trinajstić information content (AvgIpc) is 2.69. The van der Waals surface area contributed by atoms with Gasteiger partial charge < -0.3 is 15.7 Å². The first kappa shape index (κ1) is 14.3. The number of hydrogen-bond donors (Lipinski definition) is 2. The summed E-state index contributed by atoms with van der Waals surface area (Å²) in [5, 5.41) is 9.30. The fourth-order valence-corrected chi connectivity index (χ4v) is 3.62. The highest BCUT2D eigenvalue weighted by Gasteiger charge is 2.47. The van der Waals surface area contributed by atoms with Gasteiger partial charge in [-0.15, -0.1) is 0 Å². The van der Waals surface area contributed by atoms with Crippen molar-refractivity contribution in [1.29, 1.82) is 0 Å². The Kier molecular flexibility index (Phi) is 3.85. The van der Waals surface area contributed by atoms with Crippen molar-refractivity contribution >= 4 is 11.9 Å². The van der Waals surface area contributed by atoms with Crippen molar-refractivity contribution in [2.45, 2.75) is 57.5 Å². The van der Waals surface area contributed by atoms with Crippen LogP contribution in [0.5, 0.6) is 0 Å². The fourth-order valence-electron chi connectivity index (χ4n) is 3.62. The molecule has 0 spiro atoms. The van der Waals surface area contributed by atoms with E-state index < -0.39 is 17.6 Å². The summed E-state index contributed by atoms with van der Waals surface area (Å²) in [4.78, 5) is 25.5. The molecule has 4 unspecified atom stereocenters. The number of carbonyl (C=O) groups excluding carboxylic acids is 1. The normalized spacial score (nSPS) is 39.3. The highest BCUT2D eigenvalue weighted by atomic mass is 16.4. The van der Waals surface area contributed by atoms with Gasteiger partial charge in [0, 0.05) is 6.54 Å². The van der Waals surface area contributed by atoms with Crippen LogP contribution in [-0.2, 0) is 9.59 Å². The van der Waals surface area contributed by atoms with Crippen LogP contribution < -0.4 is 5.73 Å². The standard InChI is InChI=1S/C14H24N2O3/c1-9-4-3-6-14(15,8-9)13(19)16-7-5-10(2)11(16)12(17)18/h9-11H,3-8,15H2,1-2H3,(H,17,18). The Bertz CT molecular complexity index is 385. The molecule has 1 aliphatic carbocycles. The van der Waals surface area contributed by atoms with Gasteiger partial charge in [0.1, 0.15) is 6.04 Å². The van der Waals surface area contributed by atoms with Crippen LogP contribution in [0.2, 0.25) is 0 Å². The Hall–Kier alpha value is -1.10. The van der Waals surface area contributed by atoms with Gasteiger partial charge in [0.2, 0.25) is 5.91 Å². The third kappa shape index (κ3) is 2.61. The van der Waals surface area contributed by atoms with Gasteiger partial charge >= 0.3 is 5.97 Å². The van der Waals surface area contributed by atoms with Gasteiger partial charge in [-0.05, 0) is 31.1 Å². The zero-order valence-corrected chi connectivity index (χ0v) is 11.8. The molecule has 2 fully saturated rings. The lowest BCUT2D eigenvalue weighted by atomic mass is 9.76. The zero-order valence-electron chi connectivity index (χ0n) is 11.8. The van der Waals surface area contributed by atoms with E-state index >= 15 is 0 Å². The van der Waals surface area contributed by atoms with Crippen molar-refractivity contribution in [1.82, 2.24) is 4.90 Å². The van der Waals surface area contributed by atoms with E-state index in [1.54, 1.807) is 0 Å². The van der Waals surface area contributed by atoms with Crippen LogP contribution in [0.3, 0.4) is 0 Å². The molecule has 1 aliphatic heterocycles. The molecule has 1 saturated heterocycles. The molecule has 5 heteroatoms. The summed E-state index contributed by atoms with van der Waals surface area (Å²) in [7, 11) is 0. The number of nitrogens with zero attached hydrogens (tertiary/aromatic N) is 1. The first-order chi connectivity index (χ1) is 8.85. The van der Waals surface area contributed by atoms with E-state index in [1.165, 1.54) is 4.90 Å². The maximum absolute atomic E-state index is 12.7. The summed E-state index contributed by atoms with van der Waals surface area (Å²) in [6.07, 6.45) is 4.14. The molecular formula is C14H24N2O3. The van der Waals surface area contributed by atoms with Crippen LogP contribution in [0, 0.1) is 11.8 Å². The van der Waals surface area contributed by atoms with Crippen LogP contribution in [0.15, 0.2) is 0 Å². The lowest BCUT2D eigenvalue weighted by Crippen LogP contribution is -2.59. The van der Waals surface area contributed by atoms with Crippen LogP contribution in [-0.4, -0.2) is 40.0 Å². The molecule has 1 amide bonds. The fraction of sp³-hybridized carbons (Fsp3) is 0.857. The van der Waals surface area contributed by atoms with Gasteiger partial charge in [0.25, 0.3) is 0 Å². The van der Waals surface area contributed by atoms with Gasteiger partial charge in [-0.3, -0.25) is 4.79 Å². The molecule has 0 aromatic rings. The Morgan fingerprint density at radius 3 is 2.58 bits per heavy atom. The molecule has 19 heavy (non-hydrogen) atoms. The smallest absolute Gasteiger partial charge is 0.326 e. The van der Waals surface area contributed by atoms with Gasteiger partial charge in [-0.2, -0.15) is 0 Å². The number of carboxylic acids is 1. The molecule has 3 N–H and O–H groups in total. The lowest BCUT2D eigenvalue weighted by molar-refractivity contribution is -0.152. The van der Waals surface area contributed by atoms with Crippen LogP contribution >= 0.6 is 0 Å². The molecular weight excluding hydrogens is 244 g/mol. The summed E-state index contributed by atoms with van der Waals surface area (Å²) < 4.78 is 0. The maximum Gasteiger partial charge on any atom is 0.326 e. The molecule has 1 heterocycles. The number of rotatable bonds is 2. The number of carboxylic acid groups (broad SMARTS) is 1. The van der Waals surface area contributed by atoms with Crippen molar-refractivity contribution in [2.24, 2.45) is 17.6 Å². The maximum atomic E-state index is 12.7. The second-order valence-electron chi connectivity index (χ2n) is 6.41. The number of aliphatic carboxylic acids is 1. The van der Waals surface area contributed by atoms with E-state index in [2.05, 4.69) is 6.92 Å². The monoisotopic (exact) mass is 268 g/mol. The number of hydrogen-bond acceptors (Lipinski definition) is 3. The van der Waals surface area contributed by atoms with E-state index in [-0.39, 0.29) is 11.8 Å². The summed E-state index contributed by atoms with van der Waals surface area (Å²) >= 11 is 0. The summed E-state index contributed by atoms with van der Waals surface area (Å²) in [5.41, 5.74) is 5.44. The second kappa shape index (κ2) is 5.12. The van der Waals surface area contributed by atoms with E-state index in [0.29, 0.717) is 25.3 Å². The van der Waals surface area contributed by atoms with Crippen molar-refractivity contribution < 1.29 is 14.7 Å². The molecule has 108 valence electrons. The summed E-state index contributed by atoms with van der Waals surface area (Å²) in [5.74, 6) is -0.626. The number of amides is 1. The Morgan fingerprint density at radius 2 is 2.00 bits per heavy atom. The number of nitrogens with two attached hydrogens (primary N) is 1. The van der Waals surface area contributed by atoms with E-state index in [1.807, 2.05) is 6.92 Å². The number of carbonyl (C=O) groups is 2. The van der Waals surface area contributed by atoms with Gasteiger partial charge in [-0.1, -0.05) is 26.7 Å². The van der Waals surface area contributed by atoms with Crippen molar-refractivity contribution in [3.63, 3.8) is 0 Å². The molecule has 0 aromatic heterocycles. The Labute approximate surface area is 114 Å². The van der Waals surface area contributed by atoms with Gasteiger partial charge in [-0.25, -0.2) is 4.79 Å². The molecule has 0 aromatic carbocycles. The predicted molar refractivity (Wildman–Crippen MR) is 71.5 cm³/mol. The van der Waals surface area contributed by atoms with Gasteiger partial charge in [0.15, 0.2) is 0 Å². The second-order valence-corrected chi connectivity index (χ2v) is 6.41. The molecule has 1 saturated carbocycles. The SMILES string of the molecule is CC1CCCC(N)(C(=O)N2CCC(C)C2C(=O)O)C1. The molecule has 0 bridgehead atoms. The summed E-state index contributed by atoms with van der Waals surface area (Å²) in [6.45, 7) is 4.51. The van der Waals surface area contributed by atoms with E-state index in [9.17, 15) is 14.7 Å². The minimum absolute atomic E-state index is 0.00561. The van der Waals surface area contributed by atoms with Crippen LogP contribution in [0.25, 0.3) is 0 Å². The molecule has 2 aliphatic rings. The Balaban J connectivity index is 2.16. The van der Waals surface area contributed by atoms with Crippen molar-refractivity contribution in [2.75, 3.05) is 6.54 Å².